The summed E-state index contributed by atoms with van der Waals surface area (Å²) in [6, 6.07) is 7.44. The molecule has 3 rings (SSSR count). The summed E-state index contributed by atoms with van der Waals surface area (Å²) in [6.45, 7) is 2.98. The second-order valence-corrected chi connectivity index (χ2v) is 6.27. The van der Waals surface area contributed by atoms with Crippen LogP contribution >= 0.6 is 11.6 Å². The average molecular weight is 321 g/mol. The molecular formula is C17H21ClN2O2. The van der Waals surface area contributed by atoms with E-state index in [2.05, 4.69) is 11.0 Å². The monoisotopic (exact) mass is 320 g/mol. The molecule has 118 valence electrons. The van der Waals surface area contributed by atoms with Gasteiger partial charge in [-0.3, -0.25) is 9.69 Å². The molecule has 2 aliphatic rings. The van der Waals surface area contributed by atoms with Crippen molar-refractivity contribution in [3.8, 4) is 0 Å². The Morgan fingerprint density at radius 2 is 2.23 bits per heavy atom. The summed E-state index contributed by atoms with van der Waals surface area (Å²) in [6.07, 6.45) is 4.02. The van der Waals surface area contributed by atoms with Crippen LogP contribution < -0.4 is 4.90 Å². The molecule has 1 saturated heterocycles. The van der Waals surface area contributed by atoms with E-state index in [-0.39, 0.29) is 11.9 Å². The fraction of sp³-hybridized carbons (Fsp3) is 0.471. The number of halogens is 1. The summed E-state index contributed by atoms with van der Waals surface area (Å²) in [5.41, 5.74) is 2.07. The van der Waals surface area contributed by atoms with Gasteiger partial charge < -0.3 is 9.64 Å². The minimum atomic E-state index is -0.0842. The van der Waals surface area contributed by atoms with Crippen molar-refractivity contribution in [1.82, 2.24) is 4.90 Å². The van der Waals surface area contributed by atoms with Gasteiger partial charge in [0.05, 0.1) is 30.0 Å². The van der Waals surface area contributed by atoms with E-state index in [0.717, 1.165) is 31.7 Å². The maximum atomic E-state index is 12.7. The molecule has 0 saturated carbocycles. The standard InChI is InChI=1S/C17H21ClN2O2/c1-19(11-13-5-4-10-22-12-13)16-8-9-20(17(16)21)15-7-3-2-6-14(15)18/h2-3,5-7,16H,4,8-12H2,1H3/t16-/m1/s1. The van der Waals surface area contributed by atoms with Crippen LogP contribution in [0.2, 0.25) is 5.02 Å². The predicted octanol–water partition coefficient (Wildman–Crippen LogP) is 2.72. The smallest absolute Gasteiger partial charge is 0.244 e. The molecule has 2 aliphatic heterocycles. The zero-order valence-electron chi connectivity index (χ0n) is 12.8. The van der Waals surface area contributed by atoms with Crippen molar-refractivity contribution >= 4 is 23.2 Å². The van der Waals surface area contributed by atoms with Gasteiger partial charge in [-0.2, -0.15) is 0 Å². The predicted molar refractivity (Wildman–Crippen MR) is 88.4 cm³/mol. The molecule has 0 aromatic heterocycles. The van der Waals surface area contributed by atoms with E-state index in [1.165, 1.54) is 5.57 Å². The topological polar surface area (TPSA) is 32.8 Å². The Kier molecular flexibility index (Phi) is 4.81. The minimum absolute atomic E-state index is 0.0842. The summed E-state index contributed by atoms with van der Waals surface area (Å²) in [5, 5.41) is 0.627. The number of carbonyl (C=O) groups excluding carboxylic acids is 1. The van der Waals surface area contributed by atoms with E-state index < -0.39 is 0 Å². The van der Waals surface area contributed by atoms with Gasteiger partial charge in [0.25, 0.3) is 0 Å². The number of amides is 1. The summed E-state index contributed by atoms with van der Waals surface area (Å²) < 4.78 is 5.47. The highest BCUT2D eigenvalue weighted by Gasteiger charge is 2.36. The first kappa shape index (κ1) is 15.5. The van der Waals surface area contributed by atoms with Crippen molar-refractivity contribution < 1.29 is 9.53 Å². The van der Waals surface area contributed by atoms with Crippen molar-refractivity contribution in [2.45, 2.75) is 18.9 Å². The van der Waals surface area contributed by atoms with E-state index in [1.54, 1.807) is 4.90 Å². The number of para-hydroxylation sites is 1. The molecule has 1 aromatic carbocycles. The molecule has 1 amide bonds. The van der Waals surface area contributed by atoms with Gasteiger partial charge in [-0.25, -0.2) is 0 Å². The lowest BCUT2D eigenvalue weighted by molar-refractivity contribution is -0.121. The van der Waals surface area contributed by atoms with Crippen LogP contribution in [0.5, 0.6) is 0 Å². The molecule has 0 spiro atoms. The van der Waals surface area contributed by atoms with Crippen LogP contribution in [-0.2, 0) is 9.53 Å². The van der Waals surface area contributed by atoms with Gasteiger partial charge in [0.2, 0.25) is 5.91 Å². The lowest BCUT2D eigenvalue weighted by Gasteiger charge is -2.26. The first-order chi connectivity index (χ1) is 10.7. The Bertz CT molecular complexity index is 588. The number of anilines is 1. The first-order valence-electron chi connectivity index (χ1n) is 7.68. The Morgan fingerprint density at radius 3 is 2.95 bits per heavy atom. The molecule has 5 heteroatoms. The SMILES string of the molecule is CN(CC1=CCCOC1)[C@@H]1CCN(c2ccccc2Cl)C1=O. The second-order valence-electron chi connectivity index (χ2n) is 5.86. The van der Waals surface area contributed by atoms with Gasteiger partial charge in [0.15, 0.2) is 0 Å². The lowest BCUT2D eigenvalue weighted by atomic mass is 10.1. The zero-order valence-corrected chi connectivity index (χ0v) is 13.6. The molecule has 0 radical (unpaired) electrons. The zero-order chi connectivity index (χ0) is 15.5. The van der Waals surface area contributed by atoms with Crippen LogP contribution in [0.25, 0.3) is 0 Å². The molecular weight excluding hydrogens is 300 g/mol. The van der Waals surface area contributed by atoms with E-state index in [4.69, 9.17) is 16.3 Å². The van der Waals surface area contributed by atoms with Crippen molar-refractivity contribution in [2.24, 2.45) is 0 Å². The van der Waals surface area contributed by atoms with Crippen LogP contribution in [-0.4, -0.2) is 50.2 Å². The van der Waals surface area contributed by atoms with Gasteiger partial charge in [0, 0.05) is 13.1 Å². The normalized spacial score (nSPS) is 22.3. The van der Waals surface area contributed by atoms with E-state index in [9.17, 15) is 4.79 Å². The molecule has 1 fully saturated rings. The second kappa shape index (κ2) is 6.82. The Balaban J connectivity index is 1.68. The quantitative estimate of drug-likeness (QED) is 0.800. The number of hydrogen-bond acceptors (Lipinski definition) is 3. The fourth-order valence-electron chi connectivity index (χ4n) is 3.13. The third kappa shape index (κ3) is 3.19. The molecule has 1 aromatic rings. The molecule has 4 nitrogen and oxygen atoms in total. The molecule has 0 unspecified atom stereocenters. The third-order valence-electron chi connectivity index (χ3n) is 4.29. The van der Waals surface area contributed by atoms with E-state index in [0.29, 0.717) is 18.2 Å². The maximum absolute atomic E-state index is 12.7. The van der Waals surface area contributed by atoms with E-state index >= 15 is 0 Å². The summed E-state index contributed by atoms with van der Waals surface area (Å²) in [4.78, 5) is 16.6. The molecule has 0 aliphatic carbocycles. The lowest BCUT2D eigenvalue weighted by Crippen LogP contribution is -2.41. The van der Waals surface area contributed by atoms with Crippen LogP contribution in [0.3, 0.4) is 0 Å². The van der Waals surface area contributed by atoms with Crippen molar-refractivity contribution in [1.29, 1.82) is 0 Å². The molecule has 0 N–H and O–H groups in total. The highest BCUT2D eigenvalue weighted by atomic mass is 35.5. The van der Waals surface area contributed by atoms with Crippen molar-refractivity contribution in [2.75, 3.05) is 38.3 Å². The highest BCUT2D eigenvalue weighted by Crippen LogP contribution is 2.30. The first-order valence-corrected chi connectivity index (χ1v) is 8.06. The van der Waals surface area contributed by atoms with Crippen LogP contribution in [0.1, 0.15) is 12.8 Å². The van der Waals surface area contributed by atoms with Crippen LogP contribution in [0.15, 0.2) is 35.9 Å². The Hall–Kier alpha value is -1.36. The van der Waals surface area contributed by atoms with Gasteiger partial charge in [-0.05, 0) is 37.6 Å². The fourth-order valence-corrected chi connectivity index (χ4v) is 3.37. The molecule has 0 bridgehead atoms. The number of carbonyl (C=O) groups is 1. The van der Waals surface area contributed by atoms with Gasteiger partial charge in [-0.1, -0.05) is 29.8 Å². The molecule has 1 atom stereocenters. The third-order valence-corrected chi connectivity index (χ3v) is 4.61. The van der Waals surface area contributed by atoms with Gasteiger partial charge >= 0.3 is 0 Å². The molecule has 2 heterocycles. The number of nitrogens with zero attached hydrogens (tertiary/aromatic N) is 2. The van der Waals surface area contributed by atoms with Crippen molar-refractivity contribution in [3.63, 3.8) is 0 Å². The van der Waals surface area contributed by atoms with Gasteiger partial charge in [-0.15, -0.1) is 0 Å². The largest absolute Gasteiger partial charge is 0.377 e. The summed E-state index contributed by atoms with van der Waals surface area (Å²) >= 11 is 6.22. The number of ether oxygens (including phenoxy) is 1. The number of benzene rings is 1. The maximum Gasteiger partial charge on any atom is 0.244 e. The molecule has 22 heavy (non-hydrogen) atoms. The van der Waals surface area contributed by atoms with Crippen LogP contribution in [0.4, 0.5) is 5.69 Å². The number of rotatable bonds is 4. The van der Waals surface area contributed by atoms with Crippen molar-refractivity contribution in [3.05, 3.63) is 40.9 Å². The van der Waals surface area contributed by atoms with Gasteiger partial charge in [0.1, 0.15) is 0 Å². The number of hydrogen-bond donors (Lipinski definition) is 0. The summed E-state index contributed by atoms with van der Waals surface area (Å²) in [5.74, 6) is 0.132. The Morgan fingerprint density at radius 1 is 1.41 bits per heavy atom. The highest BCUT2D eigenvalue weighted by molar-refractivity contribution is 6.33. The minimum Gasteiger partial charge on any atom is -0.377 e. The Labute approximate surface area is 136 Å². The average Bonchev–Trinajstić information content (AvgIpc) is 2.90. The number of likely N-dealkylation sites (N-methyl/N-ethyl adjacent to an activating group) is 1. The van der Waals surface area contributed by atoms with E-state index in [1.807, 2.05) is 31.3 Å². The van der Waals surface area contributed by atoms with Crippen LogP contribution in [0, 0.1) is 0 Å². The summed E-state index contributed by atoms with van der Waals surface area (Å²) in [7, 11) is 2.01.